The van der Waals surface area contributed by atoms with Crippen LogP contribution >= 0.6 is 0 Å². The van der Waals surface area contributed by atoms with Crippen LogP contribution in [0.5, 0.6) is 0 Å². The molecule has 2 aliphatic rings. The highest BCUT2D eigenvalue weighted by molar-refractivity contribution is 5.98. The molecule has 1 aliphatic heterocycles. The van der Waals surface area contributed by atoms with E-state index in [0.717, 1.165) is 38.5 Å². The largest absolute Gasteiger partial charge is 0.461 e. The van der Waals surface area contributed by atoms with Gasteiger partial charge in [0.25, 0.3) is 11.8 Å². The number of hydrogen-bond acceptors (Lipinski definition) is 12. The number of ether oxygens (including phenoxy) is 2. The molecular weight excluding hydrogens is 570 g/mol. The number of nitrogens with two attached hydrogens (primary N) is 1. The van der Waals surface area contributed by atoms with Crippen molar-refractivity contribution in [1.82, 2.24) is 30.4 Å². The van der Waals surface area contributed by atoms with Crippen molar-refractivity contribution in [3.63, 3.8) is 0 Å². The highest BCUT2D eigenvalue weighted by Gasteiger charge is 2.29. The molecule has 14 heteroatoms. The molecule has 236 valence electrons. The zero-order valence-corrected chi connectivity index (χ0v) is 24.2. The molecule has 1 aliphatic carbocycles. The summed E-state index contributed by atoms with van der Waals surface area (Å²) in [7, 11) is 3.63. The highest BCUT2D eigenvalue weighted by Crippen LogP contribution is 2.26. The van der Waals surface area contributed by atoms with Gasteiger partial charge in [-0.15, -0.1) is 0 Å². The number of aromatic nitrogens is 4. The highest BCUT2D eigenvalue weighted by atomic mass is 16.6. The van der Waals surface area contributed by atoms with Gasteiger partial charge in [0.2, 0.25) is 0 Å². The molecule has 2 amide bonds. The summed E-state index contributed by atoms with van der Waals surface area (Å²) in [6, 6.07) is 10.7. The number of fused-ring (bicyclic) bond motifs is 2. The third kappa shape index (κ3) is 7.55. The number of carbonyl (C=O) groups is 3. The molecule has 1 saturated carbocycles. The molecule has 2 N–H and O–H groups in total. The number of hydrogen-bond donors (Lipinski definition) is 1. The van der Waals surface area contributed by atoms with Gasteiger partial charge in [-0.1, -0.05) is 7.43 Å². The molecule has 3 heterocycles. The van der Waals surface area contributed by atoms with Crippen LogP contribution in [0.15, 0.2) is 45.7 Å². The average molecular weight is 610 g/mol. The van der Waals surface area contributed by atoms with E-state index in [9.17, 15) is 14.4 Å². The van der Waals surface area contributed by atoms with E-state index < -0.39 is 0 Å². The molecule has 6 rings (SSSR count). The van der Waals surface area contributed by atoms with Crippen LogP contribution in [0.3, 0.4) is 0 Å². The maximum absolute atomic E-state index is 12.7. The van der Waals surface area contributed by atoms with E-state index in [4.69, 9.17) is 15.2 Å². The predicted octanol–water partition coefficient (Wildman–Crippen LogP) is 3.22. The Labute approximate surface area is 254 Å². The van der Waals surface area contributed by atoms with Gasteiger partial charge in [0, 0.05) is 50.5 Å². The summed E-state index contributed by atoms with van der Waals surface area (Å²) in [6.07, 6.45) is 4.72. The van der Waals surface area contributed by atoms with Gasteiger partial charge < -0.3 is 25.0 Å². The van der Waals surface area contributed by atoms with Crippen molar-refractivity contribution < 1.29 is 33.1 Å². The summed E-state index contributed by atoms with van der Waals surface area (Å²) in [5.41, 5.74) is 8.86. The monoisotopic (exact) mass is 609 g/mol. The van der Waals surface area contributed by atoms with Crippen LogP contribution in [0.25, 0.3) is 22.1 Å². The molecule has 0 bridgehead atoms. The van der Waals surface area contributed by atoms with E-state index in [-0.39, 0.29) is 49.9 Å². The number of rotatable bonds is 6. The zero-order chi connectivity index (χ0) is 30.3. The molecule has 44 heavy (non-hydrogen) atoms. The van der Waals surface area contributed by atoms with E-state index in [2.05, 4.69) is 29.9 Å². The Morgan fingerprint density at radius 1 is 0.750 bits per heavy atom. The van der Waals surface area contributed by atoms with Gasteiger partial charge in [-0.25, -0.2) is 9.26 Å². The van der Waals surface area contributed by atoms with Crippen molar-refractivity contribution in [1.29, 1.82) is 0 Å². The molecular formula is C30H39N7O7. The third-order valence-electron chi connectivity index (χ3n) is 8.04. The van der Waals surface area contributed by atoms with Crippen molar-refractivity contribution in [3.05, 3.63) is 47.5 Å². The standard InChI is InChI=1S/C16H20N4O4.C13H15N3O3.CH4/c1-20(11-3-5-12(6-4-11)23-15(21)9-17)16(22)10-2-7-13-14(8-10)19-24-18-13;1-16(10-4-6-18-7-5-10)13(17)9-2-3-11-12(8-9)15-19-14-11;/h2,7-8,11-12H,3-6,9,17H2,1H3;2-3,8,10H,4-7H2,1H3;1H4. The fourth-order valence-corrected chi connectivity index (χ4v) is 5.43. The molecule has 0 radical (unpaired) electrons. The Kier molecular flexibility index (Phi) is 11.0. The molecule has 1 saturated heterocycles. The van der Waals surface area contributed by atoms with Crippen molar-refractivity contribution in [3.8, 4) is 0 Å². The fourth-order valence-electron chi connectivity index (χ4n) is 5.43. The van der Waals surface area contributed by atoms with Crippen LogP contribution < -0.4 is 5.73 Å². The Bertz CT molecular complexity index is 1560. The van der Waals surface area contributed by atoms with Crippen LogP contribution in [-0.4, -0.2) is 100 Å². The molecule has 2 fully saturated rings. The van der Waals surface area contributed by atoms with Crippen LogP contribution in [0, 0.1) is 0 Å². The molecule has 14 nitrogen and oxygen atoms in total. The Hall–Kier alpha value is -4.43. The minimum absolute atomic E-state index is 0. The van der Waals surface area contributed by atoms with Crippen LogP contribution in [-0.2, 0) is 14.3 Å². The second-order valence-electron chi connectivity index (χ2n) is 10.7. The summed E-state index contributed by atoms with van der Waals surface area (Å²) in [5, 5.41) is 15.0. The number of carbonyl (C=O) groups excluding carboxylic acids is 3. The maximum atomic E-state index is 12.7. The van der Waals surface area contributed by atoms with Crippen molar-refractivity contribution in [2.24, 2.45) is 5.73 Å². The Morgan fingerprint density at radius 2 is 1.20 bits per heavy atom. The van der Waals surface area contributed by atoms with Crippen molar-refractivity contribution >= 4 is 39.9 Å². The first-order chi connectivity index (χ1) is 20.8. The van der Waals surface area contributed by atoms with Crippen molar-refractivity contribution in [2.75, 3.05) is 33.9 Å². The fraction of sp³-hybridized carbons (Fsp3) is 0.500. The lowest BCUT2D eigenvalue weighted by Crippen LogP contribution is -2.41. The van der Waals surface area contributed by atoms with E-state index in [1.165, 1.54) is 0 Å². The lowest BCUT2D eigenvalue weighted by molar-refractivity contribution is -0.149. The number of nitrogens with zero attached hydrogens (tertiary/aromatic N) is 6. The summed E-state index contributed by atoms with van der Waals surface area (Å²) in [5.74, 6) is -0.448. The molecule has 0 unspecified atom stereocenters. The van der Waals surface area contributed by atoms with Gasteiger partial charge >= 0.3 is 5.97 Å². The predicted molar refractivity (Wildman–Crippen MR) is 160 cm³/mol. The van der Waals surface area contributed by atoms with Gasteiger partial charge in [0.05, 0.1) is 6.54 Å². The molecule has 2 aromatic carbocycles. The smallest absolute Gasteiger partial charge is 0.319 e. The zero-order valence-electron chi connectivity index (χ0n) is 24.2. The third-order valence-corrected chi connectivity index (χ3v) is 8.04. The quantitative estimate of drug-likeness (QED) is 0.316. The lowest BCUT2D eigenvalue weighted by atomic mass is 9.91. The second kappa shape index (κ2) is 14.8. The van der Waals surface area contributed by atoms with E-state index in [0.29, 0.717) is 46.4 Å². The lowest BCUT2D eigenvalue weighted by Gasteiger charge is -2.34. The van der Waals surface area contributed by atoms with Crippen LogP contribution in [0.1, 0.15) is 66.7 Å². The number of amides is 2. The van der Waals surface area contributed by atoms with E-state index in [1.54, 1.807) is 53.2 Å². The molecule has 2 aromatic heterocycles. The Morgan fingerprint density at radius 3 is 1.68 bits per heavy atom. The second-order valence-corrected chi connectivity index (χ2v) is 10.7. The molecule has 0 spiro atoms. The molecule has 4 aromatic rings. The minimum atomic E-state index is -0.377. The van der Waals surface area contributed by atoms with Gasteiger partial charge in [-0.3, -0.25) is 14.4 Å². The van der Waals surface area contributed by atoms with E-state index in [1.807, 2.05) is 7.05 Å². The number of benzene rings is 2. The average Bonchev–Trinajstić information content (AvgIpc) is 3.73. The van der Waals surface area contributed by atoms with Crippen molar-refractivity contribution in [2.45, 2.75) is 64.1 Å². The van der Waals surface area contributed by atoms with E-state index >= 15 is 0 Å². The maximum Gasteiger partial charge on any atom is 0.319 e. The van der Waals surface area contributed by atoms with Gasteiger partial charge in [-0.05, 0) is 95.5 Å². The SMILES string of the molecule is C.CN(C(=O)c1ccc2nonc2c1)C1CCC(OC(=O)CN)CC1.CN(C(=O)c1ccc2nonc2c1)C1CCOCC1. The summed E-state index contributed by atoms with van der Waals surface area (Å²) in [6.45, 7) is 1.33. The summed E-state index contributed by atoms with van der Waals surface area (Å²) >= 11 is 0. The topological polar surface area (TPSA) is 180 Å². The summed E-state index contributed by atoms with van der Waals surface area (Å²) in [4.78, 5) is 39.9. The summed E-state index contributed by atoms with van der Waals surface area (Å²) < 4.78 is 19.9. The van der Waals surface area contributed by atoms with Crippen LogP contribution in [0.4, 0.5) is 0 Å². The van der Waals surface area contributed by atoms with Gasteiger partial charge in [0.1, 0.15) is 28.2 Å². The first kappa shape index (κ1) is 32.5. The normalized spacial score (nSPS) is 18.5. The first-order valence-electron chi connectivity index (χ1n) is 14.3. The first-order valence-corrected chi connectivity index (χ1v) is 14.3. The Balaban J connectivity index is 0.000000201. The van der Waals surface area contributed by atoms with Gasteiger partial charge in [-0.2, -0.15) is 0 Å². The number of esters is 1. The van der Waals surface area contributed by atoms with Gasteiger partial charge in [0.15, 0.2) is 0 Å². The molecule has 0 atom stereocenters. The van der Waals surface area contributed by atoms with Crippen LogP contribution in [0.2, 0.25) is 0 Å². The minimum Gasteiger partial charge on any atom is -0.461 e.